The molecule has 1 aliphatic heterocycles. The molecule has 0 aliphatic carbocycles. The van der Waals surface area contributed by atoms with Crippen molar-refractivity contribution in [1.82, 2.24) is 0 Å². The van der Waals surface area contributed by atoms with Gasteiger partial charge < -0.3 is 4.81 Å². The zero-order chi connectivity index (χ0) is 12.7. The second-order valence-electron chi connectivity index (χ2n) is 4.13. The SMILES string of the molecule is ClB1c2ccccc2N(B(Cl)Cl)c2ccccc21. The molecule has 2 aromatic rings. The topological polar surface area (TPSA) is 3.24 Å². The van der Waals surface area contributed by atoms with Crippen LogP contribution in [0.25, 0.3) is 0 Å². The van der Waals surface area contributed by atoms with Crippen LogP contribution in [-0.2, 0) is 0 Å². The molecule has 0 saturated heterocycles. The summed E-state index contributed by atoms with van der Waals surface area (Å²) in [7, 11) is 0. The molecule has 1 heterocycles. The predicted molar refractivity (Wildman–Crippen MR) is 83.4 cm³/mol. The molecule has 1 nitrogen and oxygen atoms in total. The van der Waals surface area contributed by atoms with Gasteiger partial charge in [0.15, 0.2) is 0 Å². The first-order chi connectivity index (χ1) is 8.70. The van der Waals surface area contributed by atoms with Crippen molar-refractivity contribution in [2.24, 2.45) is 0 Å². The van der Waals surface area contributed by atoms with Crippen molar-refractivity contribution >= 4 is 68.5 Å². The quantitative estimate of drug-likeness (QED) is 0.731. The van der Waals surface area contributed by atoms with Crippen molar-refractivity contribution in [2.75, 3.05) is 4.81 Å². The molecule has 0 radical (unpaired) electrons. The van der Waals surface area contributed by atoms with E-state index in [2.05, 4.69) is 0 Å². The van der Waals surface area contributed by atoms with Crippen LogP contribution in [0.4, 0.5) is 11.4 Å². The van der Waals surface area contributed by atoms with Crippen molar-refractivity contribution in [3.8, 4) is 0 Å². The summed E-state index contributed by atoms with van der Waals surface area (Å²) in [4.78, 5) is 1.90. The Morgan fingerprint density at radius 2 is 1.28 bits per heavy atom. The molecule has 0 amide bonds. The van der Waals surface area contributed by atoms with Gasteiger partial charge in [0.05, 0.1) is 0 Å². The van der Waals surface area contributed by atoms with Crippen molar-refractivity contribution in [2.45, 2.75) is 0 Å². The second kappa shape index (κ2) is 4.73. The van der Waals surface area contributed by atoms with E-state index in [0.717, 1.165) is 22.3 Å². The van der Waals surface area contributed by atoms with Crippen LogP contribution in [0.3, 0.4) is 0 Å². The van der Waals surface area contributed by atoms with Gasteiger partial charge in [0.2, 0.25) is 0 Å². The monoisotopic (exact) mass is 293 g/mol. The van der Waals surface area contributed by atoms with Crippen LogP contribution >= 0.6 is 34.4 Å². The van der Waals surface area contributed by atoms with Crippen LogP contribution < -0.4 is 15.7 Å². The first kappa shape index (κ1) is 12.3. The lowest BCUT2D eigenvalue weighted by molar-refractivity contribution is 1.42. The van der Waals surface area contributed by atoms with Gasteiger partial charge in [-0.1, -0.05) is 36.4 Å². The summed E-state index contributed by atoms with van der Waals surface area (Å²) in [5.74, 6) is 0. The molecule has 0 saturated carbocycles. The van der Waals surface area contributed by atoms with Crippen molar-refractivity contribution < 1.29 is 0 Å². The number of hydrogen-bond acceptors (Lipinski definition) is 1. The van der Waals surface area contributed by atoms with Crippen LogP contribution in [0.15, 0.2) is 48.5 Å². The molecule has 0 N–H and O–H groups in total. The van der Waals surface area contributed by atoms with Crippen molar-refractivity contribution in [1.29, 1.82) is 0 Å². The Hall–Kier alpha value is -0.760. The summed E-state index contributed by atoms with van der Waals surface area (Å²) in [6, 6.07) is 15.8. The van der Waals surface area contributed by atoms with E-state index in [1.54, 1.807) is 0 Å². The molecule has 0 atom stereocenters. The third-order valence-electron chi connectivity index (χ3n) is 3.13. The molecule has 3 rings (SSSR count). The Labute approximate surface area is 122 Å². The van der Waals surface area contributed by atoms with E-state index in [9.17, 15) is 0 Å². The highest BCUT2D eigenvalue weighted by Gasteiger charge is 2.35. The van der Waals surface area contributed by atoms with Gasteiger partial charge in [-0.3, -0.25) is 0 Å². The van der Waals surface area contributed by atoms with E-state index in [1.807, 2.05) is 53.3 Å². The standard InChI is InChI=1S/C12H8B2Cl3N/c15-13-9-5-1-3-7-11(9)18(14(16)17)12-8-4-2-6-10(12)13/h1-8H. The van der Waals surface area contributed by atoms with Crippen LogP contribution in [0.5, 0.6) is 0 Å². The van der Waals surface area contributed by atoms with Gasteiger partial charge in [-0.2, -0.15) is 11.5 Å². The fraction of sp³-hybridized carbons (Fsp3) is 0. The number of nitrogens with zero attached hydrogens (tertiary/aromatic N) is 1. The third kappa shape index (κ3) is 1.82. The summed E-state index contributed by atoms with van der Waals surface area (Å²) in [6.07, 6.45) is -0.166. The summed E-state index contributed by atoms with van der Waals surface area (Å²) < 4.78 is 0. The maximum absolute atomic E-state index is 6.53. The lowest BCUT2D eigenvalue weighted by Crippen LogP contribution is -2.49. The normalized spacial score (nSPS) is 13.1. The van der Waals surface area contributed by atoms with Gasteiger partial charge in [0, 0.05) is 11.4 Å². The minimum Gasteiger partial charge on any atom is -0.358 e. The molecule has 0 spiro atoms. The third-order valence-corrected chi connectivity index (χ3v) is 3.99. The number of anilines is 2. The largest absolute Gasteiger partial charge is 0.472 e. The fourth-order valence-electron chi connectivity index (χ4n) is 2.35. The summed E-state index contributed by atoms with van der Waals surface area (Å²) in [5.41, 5.74) is 3.35. The number of halogens is 3. The van der Waals surface area contributed by atoms with Crippen molar-refractivity contribution in [3.05, 3.63) is 48.5 Å². The van der Waals surface area contributed by atoms with Crippen LogP contribution in [0.1, 0.15) is 0 Å². The summed E-state index contributed by atoms with van der Waals surface area (Å²) in [6.45, 7) is 0. The molecular weight excluding hydrogens is 286 g/mol. The number of para-hydroxylation sites is 2. The predicted octanol–water partition coefficient (Wildman–Crippen LogP) is 2.95. The molecule has 0 fully saturated rings. The van der Waals surface area contributed by atoms with E-state index in [4.69, 9.17) is 34.4 Å². The lowest BCUT2D eigenvalue weighted by Gasteiger charge is -2.34. The van der Waals surface area contributed by atoms with E-state index in [-0.39, 0.29) is 6.13 Å². The summed E-state index contributed by atoms with van der Waals surface area (Å²) in [5, 5.41) is 0. The Kier molecular flexibility index (Phi) is 3.23. The zero-order valence-corrected chi connectivity index (χ0v) is 11.6. The highest BCUT2D eigenvalue weighted by Crippen LogP contribution is 2.31. The van der Waals surface area contributed by atoms with Gasteiger partial charge >= 0.3 is 11.8 Å². The van der Waals surface area contributed by atoms with Gasteiger partial charge in [0.25, 0.3) is 0 Å². The number of hydrogen-bond donors (Lipinski definition) is 0. The number of benzene rings is 2. The van der Waals surface area contributed by atoms with Crippen LogP contribution in [-0.4, -0.2) is 11.8 Å². The van der Waals surface area contributed by atoms with Crippen LogP contribution in [0, 0.1) is 0 Å². The first-order valence-electron chi connectivity index (χ1n) is 5.59. The smallest absolute Gasteiger partial charge is 0.358 e. The Balaban J connectivity index is 2.26. The van der Waals surface area contributed by atoms with E-state index in [1.165, 1.54) is 0 Å². The highest BCUT2D eigenvalue weighted by molar-refractivity contribution is 7.36. The first-order valence-corrected chi connectivity index (χ1v) is 6.90. The molecule has 2 aromatic carbocycles. The Bertz CT molecular complexity index is 544. The number of rotatable bonds is 1. The lowest BCUT2D eigenvalue weighted by atomic mass is 9.58. The van der Waals surface area contributed by atoms with E-state index >= 15 is 0 Å². The molecule has 18 heavy (non-hydrogen) atoms. The second-order valence-corrected chi connectivity index (χ2v) is 5.61. The highest BCUT2D eigenvalue weighted by atomic mass is 35.5. The molecular formula is C12H8B2Cl3N. The van der Waals surface area contributed by atoms with Gasteiger partial charge in [0.1, 0.15) is 0 Å². The molecule has 0 aromatic heterocycles. The van der Waals surface area contributed by atoms with E-state index in [0.29, 0.717) is 0 Å². The Morgan fingerprint density at radius 3 is 1.72 bits per heavy atom. The summed E-state index contributed by atoms with van der Waals surface area (Å²) >= 11 is 18.8. The Morgan fingerprint density at radius 1 is 0.833 bits per heavy atom. The number of fused-ring (bicyclic) bond motifs is 2. The van der Waals surface area contributed by atoms with Crippen LogP contribution in [0.2, 0.25) is 0 Å². The molecule has 1 aliphatic rings. The van der Waals surface area contributed by atoms with E-state index < -0.39 is 5.68 Å². The minimum atomic E-state index is -0.642. The molecule has 88 valence electrons. The maximum atomic E-state index is 6.53. The average Bonchev–Trinajstić information content (AvgIpc) is 2.39. The molecule has 0 unspecified atom stereocenters. The zero-order valence-electron chi connectivity index (χ0n) is 9.35. The molecule has 6 heteroatoms. The minimum absolute atomic E-state index is 0.166. The maximum Gasteiger partial charge on any atom is 0.472 e. The van der Waals surface area contributed by atoms with Gasteiger partial charge in [-0.15, -0.1) is 22.9 Å². The van der Waals surface area contributed by atoms with Crippen molar-refractivity contribution in [3.63, 3.8) is 0 Å². The van der Waals surface area contributed by atoms with Gasteiger partial charge in [-0.05, 0) is 23.1 Å². The fourth-order valence-corrected chi connectivity index (χ4v) is 3.14. The molecule has 0 bridgehead atoms. The average molecular weight is 294 g/mol. The van der Waals surface area contributed by atoms with Gasteiger partial charge in [-0.25, -0.2) is 0 Å².